The van der Waals surface area contributed by atoms with Crippen molar-refractivity contribution in [3.05, 3.63) is 18.0 Å². The molecule has 0 aliphatic carbocycles. The summed E-state index contributed by atoms with van der Waals surface area (Å²) in [4.78, 5) is 0. The summed E-state index contributed by atoms with van der Waals surface area (Å²) in [5.74, 6) is 0. The summed E-state index contributed by atoms with van der Waals surface area (Å²) in [5.41, 5.74) is 6.18. The molecule has 1 rings (SSSR count). The van der Waals surface area contributed by atoms with Crippen molar-refractivity contribution in [3.63, 3.8) is 0 Å². The SMILES string of the molecule is CN(CCCN)S(=O)(=O)N(C)Cc1cn[nH]c1. The Morgan fingerprint density at radius 1 is 1.41 bits per heavy atom. The second-order valence-corrected chi connectivity index (χ2v) is 5.98. The molecular formula is C9H19N5O2S. The van der Waals surface area contributed by atoms with Crippen LogP contribution in [0.2, 0.25) is 0 Å². The molecule has 0 aromatic carbocycles. The van der Waals surface area contributed by atoms with Crippen molar-refractivity contribution in [2.45, 2.75) is 13.0 Å². The van der Waals surface area contributed by atoms with E-state index in [2.05, 4.69) is 10.2 Å². The van der Waals surface area contributed by atoms with Gasteiger partial charge in [0, 0.05) is 38.9 Å². The lowest BCUT2D eigenvalue weighted by atomic mass is 10.4. The first kappa shape index (κ1) is 14.1. The van der Waals surface area contributed by atoms with Gasteiger partial charge in [-0.3, -0.25) is 5.10 Å². The van der Waals surface area contributed by atoms with Gasteiger partial charge in [0.25, 0.3) is 10.2 Å². The van der Waals surface area contributed by atoms with E-state index in [1.54, 1.807) is 26.5 Å². The maximum atomic E-state index is 12.0. The molecule has 0 saturated carbocycles. The molecule has 98 valence electrons. The molecule has 1 aromatic rings. The Morgan fingerprint density at radius 2 is 2.12 bits per heavy atom. The van der Waals surface area contributed by atoms with Crippen molar-refractivity contribution >= 4 is 10.2 Å². The number of H-pyrrole nitrogens is 1. The highest BCUT2D eigenvalue weighted by molar-refractivity contribution is 7.86. The van der Waals surface area contributed by atoms with E-state index in [0.717, 1.165) is 5.56 Å². The first-order valence-electron chi connectivity index (χ1n) is 5.33. The first-order valence-corrected chi connectivity index (χ1v) is 6.73. The summed E-state index contributed by atoms with van der Waals surface area (Å²) < 4.78 is 26.7. The van der Waals surface area contributed by atoms with Crippen molar-refractivity contribution in [3.8, 4) is 0 Å². The van der Waals surface area contributed by atoms with Crippen LogP contribution in [0.3, 0.4) is 0 Å². The highest BCUT2D eigenvalue weighted by Gasteiger charge is 2.23. The molecule has 0 saturated heterocycles. The lowest BCUT2D eigenvalue weighted by molar-refractivity contribution is 0.387. The summed E-state index contributed by atoms with van der Waals surface area (Å²) in [6.45, 7) is 1.20. The molecule has 1 aromatic heterocycles. The molecule has 0 aliphatic rings. The second-order valence-electron chi connectivity index (χ2n) is 3.83. The number of hydrogen-bond acceptors (Lipinski definition) is 4. The fourth-order valence-corrected chi connectivity index (χ4v) is 2.52. The average Bonchev–Trinajstić information content (AvgIpc) is 2.78. The van der Waals surface area contributed by atoms with Crippen molar-refractivity contribution in [2.24, 2.45) is 5.73 Å². The molecule has 0 unspecified atom stereocenters. The lowest BCUT2D eigenvalue weighted by Crippen LogP contribution is -2.40. The highest BCUT2D eigenvalue weighted by Crippen LogP contribution is 2.09. The maximum absolute atomic E-state index is 12.0. The zero-order valence-electron chi connectivity index (χ0n) is 10.1. The van der Waals surface area contributed by atoms with Gasteiger partial charge in [-0.15, -0.1) is 0 Å². The molecular weight excluding hydrogens is 242 g/mol. The van der Waals surface area contributed by atoms with Gasteiger partial charge in [0.05, 0.1) is 6.20 Å². The lowest BCUT2D eigenvalue weighted by Gasteiger charge is -2.23. The van der Waals surface area contributed by atoms with Crippen LogP contribution in [-0.4, -0.2) is 54.4 Å². The molecule has 0 spiro atoms. The van der Waals surface area contributed by atoms with Crippen LogP contribution in [0.5, 0.6) is 0 Å². The summed E-state index contributed by atoms with van der Waals surface area (Å²) in [6.07, 6.45) is 3.92. The Bertz CT molecular complexity index is 417. The number of aromatic amines is 1. The molecule has 17 heavy (non-hydrogen) atoms. The van der Waals surface area contributed by atoms with Crippen LogP contribution < -0.4 is 5.73 Å². The Morgan fingerprint density at radius 3 is 2.65 bits per heavy atom. The number of rotatable bonds is 7. The van der Waals surface area contributed by atoms with Crippen LogP contribution in [0, 0.1) is 0 Å². The van der Waals surface area contributed by atoms with E-state index < -0.39 is 10.2 Å². The largest absolute Gasteiger partial charge is 0.330 e. The third-order valence-corrected chi connectivity index (χ3v) is 4.31. The Kier molecular flexibility index (Phi) is 5.06. The maximum Gasteiger partial charge on any atom is 0.281 e. The van der Waals surface area contributed by atoms with E-state index in [-0.39, 0.29) is 0 Å². The number of aromatic nitrogens is 2. The highest BCUT2D eigenvalue weighted by atomic mass is 32.2. The topological polar surface area (TPSA) is 95.3 Å². The van der Waals surface area contributed by atoms with Crippen LogP contribution in [0.1, 0.15) is 12.0 Å². The van der Waals surface area contributed by atoms with Crippen LogP contribution in [-0.2, 0) is 16.8 Å². The van der Waals surface area contributed by atoms with E-state index in [9.17, 15) is 8.42 Å². The number of hydrogen-bond donors (Lipinski definition) is 2. The summed E-state index contributed by atoms with van der Waals surface area (Å²) in [7, 11) is -0.322. The minimum atomic E-state index is -3.42. The molecule has 7 nitrogen and oxygen atoms in total. The number of nitrogens with zero attached hydrogens (tertiary/aromatic N) is 3. The molecule has 0 atom stereocenters. The van der Waals surface area contributed by atoms with Crippen LogP contribution in [0.15, 0.2) is 12.4 Å². The first-order chi connectivity index (χ1) is 7.98. The summed E-state index contributed by atoms with van der Waals surface area (Å²) >= 11 is 0. The molecule has 1 heterocycles. The molecule has 0 bridgehead atoms. The van der Waals surface area contributed by atoms with Gasteiger partial charge in [-0.1, -0.05) is 0 Å². The normalized spacial score (nSPS) is 12.5. The van der Waals surface area contributed by atoms with Gasteiger partial charge in [-0.2, -0.15) is 22.1 Å². The van der Waals surface area contributed by atoms with E-state index in [1.165, 1.54) is 8.61 Å². The third kappa shape index (κ3) is 3.77. The van der Waals surface area contributed by atoms with Gasteiger partial charge in [0.15, 0.2) is 0 Å². The smallest absolute Gasteiger partial charge is 0.281 e. The Labute approximate surface area is 102 Å². The standard InChI is InChI=1S/C9H19N5O2S/c1-13(5-3-4-10)17(15,16)14(2)8-9-6-11-12-7-9/h6-7H,3-5,8,10H2,1-2H3,(H,11,12). The summed E-state index contributed by atoms with van der Waals surface area (Å²) in [5, 5.41) is 6.42. The van der Waals surface area contributed by atoms with Gasteiger partial charge >= 0.3 is 0 Å². The van der Waals surface area contributed by atoms with Gasteiger partial charge < -0.3 is 5.73 Å². The monoisotopic (exact) mass is 261 g/mol. The van der Waals surface area contributed by atoms with Crippen LogP contribution in [0.25, 0.3) is 0 Å². The molecule has 0 radical (unpaired) electrons. The average molecular weight is 261 g/mol. The molecule has 0 fully saturated rings. The molecule has 3 N–H and O–H groups in total. The minimum absolute atomic E-state index is 0.297. The summed E-state index contributed by atoms with van der Waals surface area (Å²) in [6, 6.07) is 0. The van der Waals surface area contributed by atoms with Crippen LogP contribution >= 0.6 is 0 Å². The second kappa shape index (κ2) is 6.10. The van der Waals surface area contributed by atoms with E-state index in [0.29, 0.717) is 26.1 Å². The van der Waals surface area contributed by atoms with Gasteiger partial charge in [0.1, 0.15) is 0 Å². The van der Waals surface area contributed by atoms with Gasteiger partial charge in [-0.25, -0.2) is 0 Å². The van der Waals surface area contributed by atoms with Crippen molar-refractivity contribution in [2.75, 3.05) is 27.2 Å². The van der Waals surface area contributed by atoms with E-state index >= 15 is 0 Å². The van der Waals surface area contributed by atoms with E-state index in [4.69, 9.17) is 5.73 Å². The number of nitrogens with two attached hydrogens (primary N) is 1. The quantitative estimate of drug-likeness (QED) is 0.683. The predicted octanol–water partition coefficient (Wildman–Crippen LogP) is -0.633. The molecule has 8 heteroatoms. The minimum Gasteiger partial charge on any atom is -0.330 e. The Hall–Kier alpha value is -0.960. The molecule has 0 aliphatic heterocycles. The van der Waals surface area contributed by atoms with Gasteiger partial charge in [0.2, 0.25) is 0 Å². The number of nitrogens with one attached hydrogen (secondary N) is 1. The van der Waals surface area contributed by atoms with Gasteiger partial charge in [-0.05, 0) is 13.0 Å². The fraction of sp³-hybridized carbons (Fsp3) is 0.667. The van der Waals surface area contributed by atoms with Crippen LogP contribution in [0.4, 0.5) is 0 Å². The van der Waals surface area contributed by atoms with E-state index in [1.807, 2.05) is 0 Å². The predicted molar refractivity (Wildman–Crippen MR) is 65.3 cm³/mol. The molecule has 0 amide bonds. The zero-order valence-corrected chi connectivity index (χ0v) is 10.9. The third-order valence-electron chi connectivity index (χ3n) is 2.42. The van der Waals surface area contributed by atoms with Crippen molar-refractivity contribution in [1.82, 2.24) is 18.8 Å². The zero-order chi connectivity index (χ0) is 12.9. The Balaban J connectivity index is 2.63. The fourth-order valence-electron chi connectivity index (χ4n) is 1.37. The van der Waals surface area contributed by atoms with Crippen molar-refractivity contribution in [1.29, 1.82) is 0 Å². The van der Waals surface area contributed by atoms with Crippen molar-refractivity contribution < 1.29 is 8.42 Å².